The number of hydrogen-bond acceptors (Lipinski definition) is 3. The Balaban J connectivity index is 1.89. The SMILES string of the molecule is CNC(C)c1ccc(Br)cc1N1CC2CCC(O)C2C1. The van der Waals surface area contributed by atoms with Gasteiger partial charge in [-0.3, -0.25) is 0 Å². The smallest absolute Gasteiger partial charge is 0.0588 e. The Bertz CT molecular complexity index is 493. The summed E-state index contributed by atoms with van der Waals surface area (Å²) < 4.78 is 1.12. The molecule has 3 rings (SSSR count). The Kier molecular flexibility index (Phi) is 4.07. The number of benzene rings is 1. The number of halogens is 1. The highest BCUT2D eigenvalue weighted by Gasteiger charge is 2.42. The Morgan fingerprint density at radius 3 is 2.85 bits per heavy atom. The first-order chi connectivity index (χ1) is 9.60. The molecular formula is C16H23BrN2O. The Hall–Kier alpha value is -0.580. The molecule has 1 heterocycles. The molecule has 0 bridgehead atoms. The molecular weight excluding hydrogens is 316 g/mol. The van der Waals surface area contributed by atoms with Gasteiger partial charge in [0.05, 0.1) is 6.10 Å². The lowest BCUT2D eigenvalue weighted by Gasteiger charge is -2.26. The molecule has 2 aliphatic rings. The maximum Gasteiger partial charge on any atom is 0.0588 e. The molecule has 1 aromatic carbocycles. The van der Waals surface area contributed by atoms with Crippen LogP contribution < -0.4 is 10.2 Å². The van der Waals surface area contributed by atoms with Crippen LogP contribution in [0.5, 0.6) is 0 Å². The third kappa shape index (κ3) is 2.49. The molecule has 1 saturated carbocycles. The molecule has 1 aliphatic carbocycles. The zero-order chi connectivity index (χ0) is 14.3. The number of fused-ring (bicyclic) bond motifs is 1. The van der Waals surface area contributed by atoms with Crippen molar-refractivity contribution in [3.8, 4) is 0 Å². The Morgan fingerprint density at radius 2 is 2.15 bits per heavy atom. The van der Waals surface area contributed by atoms with Crippen LogP contribution in [0, 0.1) is 11.8 Å². The maximum absolute atomic E-state index is 10.1. The van der Waals surface area contributed by atoms with Crippen molar-refractivity contribution in [2.24, 2.45) is 11.8 Å². The van der Waals surface area contributed by atoms with Crippen molar-refractivity contribution in [2.45, 2.75) is 31.9 Å². The van der Waals surface area contributed by atoms with E-state index in [-0.39, 0.29) is 6.10 Å². The van der Waals surface area contributed by atoms with Crippen LogP contribution in [0.4, 0.5) is 5.69 Å². The summed E-state index contributed by atoms with van der Waals surface area (Å²) in [5.41, 5.74) is 2.65. The standard InChI is InChI=1S/C16H23BrN2O/c1-10(18-2)13-5-4-12(17)7-15(13)19-8-11-3-6-16(20)14(11)9-19/h4-5,7,10-11,14,16,18,20H,3,6,8-9H2,1-2H3. The Labute approximate surface area is 129 Å². The van der Waals surface area contributed by atoms with E-state index in [1.165, 1.54) is 17.7 Å². The van der Waals surface area contributed by atoms with E-state index in [0.717, 1.165) is 24.0 Å². The van der Waals surface area contributed by atoms with Crippen LogP contribution in [-0.2, 0) is 0 Å². The number of nitrogens with zero attached hydrogens (tertiary/aromatic N) is 1. The highest BCUT2D eigenvalue weighted by Crippen LogP contribution is 2.41. The van der Waals surface area contributed by atoms with Crippen LogP contribution >= 0.6 is 15.9 Å². The third-order valence-electron chi connectivity index (χ3n) is 5.05. The van der Waals surface area contributed by atoms with Gasteiger partial charge in [0.15, 0.2) is 0 Å². The lowest BCUT2D eigenvalue weighted by molar-refractivity contribution is 0.133. The van der Waals surface area contributed by atoms with Crippen LogP contribution in [0.1, 0.15) is 31.4 Å². The van der Waals surface area contributed by atoms with Gasteiger partial charge in [-0.15, -0.1) is 0 Å². The molecule has 1 aliphatic heterocycles. The summed E-state index contributed by atoms with van der Waals surface area (Å²) in [4.78, 5) is 2.46. The van der Waals surface area contributed by atoms with Gasteiger partial charge in [0.2, 0.25) is 0 Å². The topological polar surface area (TPSA) is 35.5 Å². The molecule has 0 amide bonds. The normalized spacial score (nSPS) is 30.6. The van der Waals surface area contributed by atoms with Gasteiger partial charge in [0.25, 0.3) is 0 Å². The van der Waals surface area contributed by atoms with Crippen molar-refractivity contribution in [3.63, 3.8) is 0 Å². The van der Waals surface area contributed by atoms with Crippen LogP contribution in [0.3, 0.4) is 0 Å². The quantitative estimate of drug-likeness (QED) is 0.889. The van der Waals surface area contributed by atoms with E-state index < -0.39 is 0 Å². The van der Waals surface area contributed by atoms with Gasteiger partial charge in [-0.1, -0.05) is 22.0 Å². The molecule has 1 saturated heterocycles. The lowest BCUT2D eigenvalue weighted by atomic mass is 10.00. The van der Waals surface area contributed by atoms with E-state index in [9.17, 15) is 5.11 Å². The molecule has 4 unspecified atom stereocenters. The van der Waals surface area contributed by atoms with Gasteiger partial charge in [-0.25, -0.2) is 0 Å². The zero-order valence-corrected chi connectivity index (χ0v) is 13.7. The fourth-order valence-corrected chi connectivity index (χ4v) is 4.09. The first-order valence-electron chi connectivity index (χ1n) is 7.50. The van der Waals surface area contributed by atoms with Crippen molar-refractivity contribution in [2.75, 3.05) is 25.0 Å². The minimum Gasteiger partial charge on any atom is -0.393 e. The van der Waals surface area contributed by atoms with Gasteiger partial charge >= 0.3 is 0 Å². The van der Waals surface area contributed by atoms with Gasteiger partial charge in [0.1, 0.15) is 0 Å². The summed E-state index contributed by atoms with van der Waals surface area (Å²) >= 11 is 3.59. The van der Waals surface area contributed by atoms with E-state index in [1.54, 1.807) is 0 Å². The van der Waals surface area contributed by atoms with Crippen LogP contribution in [0.2, 0.25) is 0 Å². The molecule has 20 heavy (non-hydrogen) atoms. The maximum atomic E-state index is 10.1. The average molecular weight is 339 g/mol. The molecule has 3 nitrogen and oxygen atoms in total. The third-order valence-corrected chi connectivity index (χ3v) is 5.54. The summed E-state index contributed by atoms with van der Waals surface area (Å²) in [7, 11) is 2.00. The minimum absolute atomic E-state index is 0.0951. The molecule has 4 heteroatoms. The van der Waals surface area contributed by atoms with Crippen molar-refractivity contribution >= 4 is 21.6 Å². The van der Waals surface area contributed by atoms with E-state index >= 15 is 0 Å². The molecule has 0 spiro atoms. The van der Waals surface area contributed by atoms with E-state index in [2.05, 4.69) is 51.3 Å². The van der Waals surface area contributed by atoms with E-state index in [1.807, 2.05) is 7.05 Å². The summed E-state index contributed by atoms with van der Waals surface area (Å²) in [5.74, 6) is 1.13. The first kappa shape index (κ1) is 14.4. The first-order valence-corrected chi connectivity index (χ1v) is 8.29. The second kappa shape index (κ2) is 5.66. The predicted octanol–water partition coefficient (Wildman–Crippen LogP) is 2.94. The van der Waals surface area contributed by atoms with Gasteiger partial charge < -0.3 is 15.3 Å². The predicted molar refractivity (Wildman–Crippen MR) is 86.1 cm³/mol. The Morgan fingerprint density at radius 1 is 1.35 bits per heavy atom. The fourth-order valence-electron chi connectivity index (χ4n) is 3.75. The summed E-state index contributed by atoms with van der Waals surface area (Å²) in [6.45, 7) is 4.27. The second-order valence-corrected chi connectivity index (χ2v) is 7.10. The molecule has 2 fully saturated rings. The summed E-state index contributed by atoms with van der Waals surface area (Å²) in [6.07, 6.45) is 2.07. The van der Waals surface area contributed by atoms with Crippen molar-refractivity contribution in [1.29, 1.82) is 0 Å². The molecule has 1 aromatic rings. The monoisotopic (exact) mass is 338 g/mol. The number of aliphatic hydroxyl groups excluding tert-OH is 1. The zero-order valence-electron chi connectivity index (χ0n) is 12.1. The van der Waals surface area contributed by atoms with Crippen molar-refractivity contribution < 1.29 is 5.11 Å². The van der Waals surface area contributed by atoms with Gasteiger partial charge in [-0.2, -0.15) is 0 Å². The molecule has 0 radical (unpaired) electrons. The number of nitrogens with one attached hydrogen (secondary N) is 1. The fraction of sp³-hybridized carbons (Fsp3) is 0.625. The summed E-state index contributed by atoms with van der Waals surface area (Å²) in [6, 6.07) is 6.86. The van der Waals surface area contributed by atoms with E-state index in [4.69, 9.17) is 0 Å². The number of hydrogen-bond donors (Lipinski definition) is 2. The van der Waals surface area contributed by atoms with E-state index in [0.29, 0.717) is 17.9 Å². The highest BCUT2D eigenvalue weighted by atomic mass is 79.9. The van der Waals surface area contributed by atoms with Crippen LogP contribution in [0.15, 0.2) is 22.7 Å². The lowest BCUT2D eigenvalue weighted by Crippen LogP contribution is -2.26. The van der Waals surface area contributed by atoms with Crippen molar-refractivity contribution in [3.05, 3.63) is 28.2 Å². The van der Waals surface area contributed by atoms with Gasteiger partial charge in [0, 0.05) is 35.2 Å². The minimum atomic E-state index is -0.0951. The van der Waals surface area contributed by atoms with Crippen molar-refractivity contribution in [1.82, 2.24) is 5.32 Å². The van der Waals surface area contributed by atoms with Gasteiger partial charge in [-0.05, 0) is 50.4 Å². The highest BCUT2D eigenvalue weighted by molar-refractivity contribution is 9.10. The molecule has 2 N–H and O–H groups in total. The molecule has 110 valence electrons. The average Bonchev–Trinajstić information content (AvgIpc) is 3.00. The number of aliphatic hydroxyl groups is 1. The largest absolute Gasteiger partial charge is 0.393 e. The van der Waals surface area contributed by atoms with Crippen LogP contribution in [-0.4, -0.2) is 31.3 Å². The van der Waals surface area contributed by atoms with Crippen LogP contribution in [0.25, 0.3) is 0 Å². The molecule has 4 atom stereocenters. The molecule has 0 aromatic heterocycles. The number of rotatable bonds is 3. The number of anilines is 1. The summed E-state index contributed by atoms with van der Waals surface area (Å²) in [5, 5.41) is 13.4. The second-order valence-electron chi connectivity index (χ2n) is 6.19.